The first-order valence-corrected chi connectivity index (χ1v) is 5.10. The fraction of sp³-hybridized carbons (Fsp3) is 0.182. The monoisotopic (exact) mass is 206 g/mol. The topological polar surface area (TPSA) is 28.7 Å². The second kappa shape index (κ2) is 4.29. The zero-order valence-corrected chi connectivity index (χ0v) is 8.46. The van der Waals surface area contributed by atoms with Crippen molar-refractivity contribution in [3.63, 3.8) is 0 Å². The first kappa shape index (κ1) is 9.28. The van der Waals surface area contributed by atoms with E-state index in [0.717, 1.165) is 17.5 Å². The van der Waals surface area contributed by atoms with Crippen LogP contribution in [0.4, 0.5) is 0 Å². The summed E-state index contributed by atoms with van der Waals surface area (Å²) in [5.41, 5.74) is 2.09. The average Bonchev–Trinajstić information content (AvgIpc) is 2.63. The number of rotatable bonds is 3. The van der Waals surface area contributed by atoms with Crippen molar-refractivity contribution in [2.75, 3.05) is 5.88 Å². The van der Waals surface area contributed by atoms with E-state index >= 15 is 0 Å². The third-order valence-corrected chi connectivity index (χ3v) is 2.27. The lowest BCUT2D eigenvalue weighted by molar-refractivity contribution is 1.24. The van der Waals surface area contributed by atoms with Crippen molar-refractivity contribution in [1.82, 2.24) is 9.97 Å². The average molecular weight is 207 g/mol. The number of nitrogens with one attached hydrogen (secondary N) is 1. The first-order chi connectivity index (χ1) is 6.92. The third-order valence-electron chi connectivity index (χ3n) is 2.06. The molecule has 2 heterocycles. The molecule has 0 amide bonds. The molecule has 0 saturated heterocycles. The van der Waals surface area contributed by atoms with E-state index in [0.29, 0.717) is 5.88 Å². The number of H-pyrrole nitrogens is 1. The minimum atomic E-state index is 0.664. The Bertz CT molecular complexity index is 445. The predicted molar refractivity (Wildman–Crippen MR) is 60.5 cm³/mol. The van der Waals surface area contributed by atoms with E-state index in [2.05, 4.69) is 28.2 Å². The van der Waals surface area contributed by atoms with Gasteiger partial charge in [-0.05, 0) is 18.6 Å². The maximum Gasteiger partial charge on any atom is 0.137 e. The molecule has 3 heteroatoms. The number of halogens is 1. The molecule has 14 heavy (non-hydrogen) atoms. The van der Waals surface area contributed by atoms with Crippen LogP contribution in [0, 0.1) is 0 Å². The van der Waals surface area contributed by atoms with Gasteiger partial charge in [0.05, 0.1) is 0 Å². The highest BCUT2D eigenvalue weighted by Crippen LogP contribution is 2.16. The summed E-state index contributed by atoms with van der Waals surface area (Å²) in [5, 5.41) is 1.15. The van der Waals surface area contributed by atoms with Crippen LogP contribution in [-0.4, -0.2) is 15.8 Å². The van der Waals surface area contributed by atoms with Crippen LogP contribution >= 0.6 is 11.6 Å². The number of nitrogens with zero attached hydrogens (tertiary/aromatic N) is 1. The second-order valence-electron chi connectivity index (χ2n) is 3.02. The van der Waals surface area contributed by atoms with E-state index in [4.69, 9.17) is 11.6 Å². The Hall–Kier alpha value is -1.28. The van der Waals surface area contributed by atoms with Crippen molar-refractivity contribution in [2.45, 2.75) is 6.42 Å². The Balaban J connectivity index is 2.34. The predicted octanol–water partition coefficient (Wildman–Crippen LogP) is 3.21. The number of pyridine rings is 1. The molecule has 0 aliphatic carbocycles. The van der Waals surface area contributed by atoms with E-state index in [-0.39, 0.29) is 0 Å². The summed E-state index contributed by atoms with van der Waals surface area (Å²) in [5.74, 6) is 0.664. The van der Waals surface area contributed by atoms with Crippen molar-refractivity contribution < 1.29 is 0 Å². The van der Waals surface area contributed by atoms with Gasteiger partial charge in [0.25, 0.3) is 0 Å². The van der Waals surface area contributed by atoms with Gasteiger partial charge in [-0.3, -0.25) is 0 Å². The van der Waals surface area contributed by atoms with Gasteiger partial charge in [0, 0.05) is 29.2 Å². The molecule has 2 aromatic heterocycles. The Morgan fingerprint density at radius 2 is 2.43 bits per heavy atom. The minimum Gasteiger partial charge on any atom is -0.346 e. The van der Waals surface area contributed by atoms with Gasteiger partial charge in [0.2, 0.25) is 0 Å². The maximum absolute atomic E-state index is 5.59. The molecule has 0 aliphatic heterocycles. The van der Waals surface area contributed by atoms with Crippen molar-refractivity contribution in [1.29, 1.82) is 0 Å². The molecule has 0 unspecified atom stereocenters. The van der Waals surface area contributed by atoms with Crippen LogP contribution in [0.15, 0.2) is 30.6 Å². The minimum absolute atomic E-state index is 0.664. The lowest BCUT2D eigenvalue weighted by Crippen LogP contribution is -1.73. The van der Waals surface area contributed by atoms with Crippen LogP contribution in [0.5, 0.6) is 0 Å². The quantitative estimate of drug-likeness (QED) is 0.768. The molecule has 0 spiro atoms. The number of hydrogen-bond acceptors (Lipinski definition) is 1. The molecule has 2 aromatic rings. The maximum atomic E-state index is 5.59. The molecule has 0 aliphatic rings. The molecule has 0 saturated carbocycles. The fourth-order valence-electron chi connectivity index (χ4n) is 1.39. The van der Waals surface area contributed by atoms with E-state index in [1.807, 2.05) is 12.3 Å². The Labute approximate surface area is 87.6 Å². The number of allylic oxidation sites excluding steroid dienone is 1. The van der Waals surface area contributed by atoms with Crippen LogP contribution in [0.3, 0.4) is 0 Å². The molecule has 0 atom stereocenters. The molecule has 2 rings (SSSR count). The van der Waals surface area contributed by atoms with Crippen molar-refractivity contribution in [3.8, 4) is 0 Å². The summed E-state index contributed by atoms with van der Waals surface area (Å²) in [7, 11) is 0. The van der Waals surface area contributed by atoms with Gasteiger partial charge in [0.1, 0.15) is 5.65 Å². The van der Waals surface area contributed by atoms with Gasteiger partial charge in [-0.15, -0.1) is 11.6 Å². The van der Waals surface area contributed by atoms with Crippen molar-refractivity contribution in [2.24, 2.45) is 0 Å². The molecular formula is C11H11ClN2. The summed E-state index contributed by atoms with van der Waals surface area (Å²) < 4.78 is 0. The Morgan fingerprint density at radius 3 is 3.29 bits per heavy atom. The smallest absolute Gasteiger partial charge is 0.137 e. The molecule has 0 aromatic carbocycles. The third kappa shape index (κ3) is 1.80. The summed E-state index contributed by atoms with van der Waals surface area (Å²) in [6, 6.07) is 3.99. The highest BCUT2D eigenvalue weighted by atomic mass is 35.5. The van der Waals surface area contributed by atoms with Crippen LogP contribution in [0.25, 0.3) is 17.1 Å². The molecule has 0 radical (unpaired) electrons. The number of alkyl halides is 1. The van der Waals surface area contributed by atoms with E-state index < -0.39 is 0 Å². The van der Waals surface area contributed by atoms with E-state index in [9.17, 15) is 0 Å². The summed E-state index contributed by atoms with van der Waals surface area (Å²) in [6.45, 7) is 0. The van der Waals surface area contributed by atoms with Crippen LogP contribution in [0.1, 0.15) is 12.0 Å². The standard InChI is InChI=1S/C11H11ClN2/c12-6-2-1-4-9-8-14-11-10(9)5-3-7-13-11/h1,3-5,7-8H,2,6H2,(H,13,14). The molecular weight excluding hydrogens is 196 g/mol. The zero-order chi connectivity index (χ0) is 9.80. The van der Waals surface area contributed by atoms with E-state index in [1.54, 1.807) is 6.20 Å². The number of aromatic nitrogens is 2. The lowest BCUT2D eigenvalue weighted by atomic mass is 10.2. The van der Waals surface area contributed by atoms with E-state index in [1.165, 1.54) is 5.56 Å². The van der Waals surface area contributed by atoms with Crippen LogP contribution in [0.2, 0.25) is 0 Å². The number of aromatic amines is 1. The van der Waals surface area contributed by atoms with Gasteiger partial charge in [-0.1, -0.05) is 12.2 Å². The summed E-state index contributed by atoms with van der Waals surface area (Å²) in [6.07, 6.45) is 8.79. The molecule has 1 N–H and O–H groups in total. The van der Waals surface area contributed by atoms with Crippen molar-refractivity contribution >= 4 is 28.7 Å². The van der Waals surface area contributed by atoms with Gasteiger partial charge in [0.15, 0.2) is 0 Å². The SMILES string of the molecule is ClCCC=Cc1c[nH]c2ncccc12. The summed E-state index contributed by atoms with van der Waals surface area (Å²) >= 11 is 5.59. The molecule has 72 valence electrons. The van der Waals surface area contributed by atoms with Crippen LogP contribution < -0.4 is 0 Å². The van der Waals surface area contributed by atoms with Crippen molar-refractivity contribution in [3.05, 3.63) is 36.2 Å². The highest BCUT2D eigenvalue weighted by molar-refractivity contribution is 6.17. The molecule has 2 nitrogen and oxygen atoms in total. The number of fused-ring (bicyclic) bond motifs is 1. The first-order valence-electron chi connectivity index (χ1n) is 4.56. The Morgan fingerprint density at radius 1 is 1.50 bits per heavy atom. The van der Waals surface area contributed by atoms with Crippen LogP contribution in [-0.2, 0) is 0 Å². The lowest BCUT2D eigenvalue weighted by Gasteiger charge is -1.89. The van der Waals surface area contributed by atoms with Gasteiger partial charge in [-0.2, -0.15) is 0 Å². The number of hydrogen-bond donors (Lipinski definition) is 1. The molecule has 0 bridgehead atoms. The second-order valence-corrected chi connectivity index (χ2v) is 3.40. The van der Waals surface area contributed by atoms with Gasteiger partial charge in [-0.25, -0.2) is 4.98 Å². The van der Waals surface area contributed by atoms with Gasteiger partial charge >= 0.3 is 0 Å². The zero-order valence-electron chi connectivity index (χ0n) is 7.70. The summed E-state index contributed by atoms with van der Waals surface area (Å²) in [4.78, 5) is 7.33. The molecule has 0 fully saturated rings. The van der Waals surface area contributed by atoms with Gasteiger partial charge < -0.3 is 4.98 Å². The normalized spacial score (nSPS) is 11.5. The Kier molecular flexibility index (Phi) is 2.84. The highest BCUT2D eigenvalue weighted by Gasteiger charge is 1.98. The largest absolute Gasteiger partial charge is 0.346 e. The fourth-order valence-corrected chi connectivity index (χ4v) is 1.51.